The molecule has 2 heteroatoms. The van der Waals surface area contributed by atoms with Gasteiger partial charge in [-0.3, -0.25) is 9.98 Å². The van der Waals surface area contributed by atoms with Gasteiger partial charge >= 0.3 is 0 Å². The van der Waals surface area contributed by atoms with E-state index >= 15 is 0 Å². The fraction of sp³-hybridized carbons (Fsp3) is 0.300. The van der Waals surface area contributed by atoms with Crippen LogP contribution < -0.4 is 0 Å². The minimum atomic E-state index is 0.336. The van der Waals surface area contributed by atoms with Crippen LogP contribution >= 0.6 is 0 Å². The van der Waals surface area contributed by atoms with Gasteiger partial charge in [0.25, 0.3) is 0 Å². The largest absolute Gasteiger partial charge is 0.287 e. The predicted molar refractivity (Wildman–Crippen MR) is 94.4 cm³/mol. The molecule has 1 aliphatic carbocycles. The highest BCUT2D eigenvalue weighted by molar-refractivity contribution is 5.80. The monoisotopic (exact) mass is 290 g/mol. The molecule has 3 rings (SSSR count). The zero-order valence-electron chi connectivity index (χ0n) is 13.2. The Hall–Kier alpha value is -2.22. The summed E-state index contributed by atoms with van der Waals surface area (Å²) in [6, 6.07) is 17.6. The lowest BCUT2D eigenvalue weighted by Crippen LogP contribution is -2.34. The van der Waals surface area contributed by atoms with E-state index in [-0.39, 0.29) is 0 Å². The molecule has 0 N–H and O–H groups in total. The van der Waals surface area contributed by atoms with Crippen molar-refractivity contribution in [3.05, 3.63) is 70.8 Å². The van der Waals surface area contributed by atoms with Gasteiger partial charge in [0, 0.05) is 12.4 Å². The van der Waals surface area contributed by atoms with Gasteiger partial charge in [-0.15, -0.1) is 0 Å². The summed E-state index contributed by atoms with van der Waals surface area (Å²) in [5.74, 6) is 0. The molecule has 0 spiro atoms. The Balaban J connectivity index is 1.59. The summed E-state index contributed by atoms with van der Waals surface area (Å²) in [5.41, 5.74) is 4.89. The van der Waals surface area contributed by atoms with Gasteiger partial charge in [0.15, 0.2) is 0 Å². The number of rotatable bonds is 4. The Bertz CT molecular complexity index is 604. The van der Waals surface area contributed by atoms with Gasteiger partial charge in [0.2, 0.25) is 0 Å². The molecule has 0 amide bonds. The van der Waals surface area contributed by atoms with Crippen LogP contribution in [-0.2, 0) is 0 Å². The number of hydrogen-bond donors (Lipinski definition) is 0. The van der Waals surface area contributed by atoms with Crippen molar-refractivity contribution in [2.45, 2.75) is 38.8 Å². The van der Waals surface area contributed by atoms with E-state index in [1.165, 1.54) is 22.3 Å². The maximum Gasteiger partial charge on any atom is 0.0723 e. The maximum absolute atomic E-state index is 4.70. The van der Waals surface area contributed by atoms with Crippen molar-refractivity contribution in [3.63, 3.8) is 0 Å². The molecule has 2 aromatic carbocycles. The Kier molecular flexibility index (Phi) is 4.47. The fourth-order valence-corrected chi connectivity index (χ4v) is 2.48. The average Bonchev–Trinajstić information content (AvgIpc) is 2.50. The van der Waals surface area contributed by atoms with E-state index < -0.39 is 0 Å². The SMILES string of the molecule is Cc1ccc(C=N[C@H]2CC[C@H]2N=Cc2ccc(C)cc2)cc1. The Labute approximate surface area is 132 Å². The van der Waals surface area contributed by atoms with E-state index in [9.17, 15) is 0 Å². The second-order valence-electron chi connectivity index (χ2n) is 6.09. The number of benzene rings is 2. The molecule has 2 atom stereocenters. The highest BCUT2D eigenvalue weighted by Gasteiger charge is 2.29. The first kappa shape index (κ1) is 14.7. The molecule has 0 saturated heterocycles. The highest BCUT2D eigenvalue weighted by atomic mass is 14.9. The zero-order valence-corrected chi connectivity index (χ0v) is 13.2. The second kappa shape index (κ2) is 6.69. The van der Waals surface area contributed by atoms with Gasteiger partial charge in [-0.25, -0.2) is 0 Å². The number of aryl methyl sites for hydroxylation is 2. The van der Waals surface area contributed by atoms with Crippen LogP contribution in [0.4, 0.5) is 0 Å². The summed E-state index contributed by atoms with van der Waals surface area (Å²) in [6.07, 6.45) is 6.24. The highest BCUT2D eigenvalue weighted by Crippen LogP contribution is 2.26. The molecule has 0 radical (unpaired) electrons. The summed E-state index contributed by atoms with van der Waals surface area (Å²) in [4.78, 5) is 9.40. The third kappa shape index (κ3) is 3.70. The van der Waals surface area contributed by atoms with Crippen LogP contribution in [0, 0.1) is 13.8 Å². The molecule has 22 heavy (non-hydrogen) atoms. The lowest BCUT2D eigenvalue weighted by atomic mass is 9.87. The molecule has 1 fully saturated rings. The van der Waals surface area contributed by atoms with Crippen LogP contribution in [-0.4, -0.2) is 24.5 Å². The minimum absolute atomic E-state index is 0.336. The van der Waals surface area contributed by atoms with Gasteiger partial charge in [-0.05, 0) is 37.8 Å². The third-order valence-electron chi connectivity index (χ3n) is 4.19. The van der Waals surface area contributed by atoms with Gasteiger partial charge in [-0.2, -0.15) is 0 Å². The van der Waals surface area contributed by atoms with Crippen molar-refractivity contribution >= 4 is 12.4 Å². The molecule has 2 nitrogen and oxygen atoms in total. The standard InChI is InChI=1S/C20H22N2/c1-15-3-7-17(8-4-15)13-21-19-11-12-20(19)22-14-18-9-5-16(2)6-10-18/h3-10,13-14,19-20H,11-12H2,1-2H3/t19-,20+. The molecule has 0 bridgehead atoms. The molecule has 1 saturated carbocycles. The molecular formula is C20H22N2. The Morgan fingerprint density at radius 1 is 0.682 bits per heavy atom. The zero-order chi connectivity index (χ0) is 15.4. The molecule has 1 aliphatic rings. The molecule has 112 valence electrons. The van der Waals surface area contributed by atoms with Crippen LogP contribution in [0.1, 0.15) is 35.1 Å². The summed E-state index contributed by atoms with van der Waals surface area (Å²) < 4.78 is 0. The Morgan fingerprint density at radius 2 is 1.05 bits per heavy atom. The van der Waals surface area contributed by atoms with E-state index in [2.05, 4.69) is 62.4 Å². The quantitative estimate of drug-likeness (QED) is 0.747. The molecular weight excluding hydrogens is 268 g/mol. The molecule has 0 aliphatic heterocycles. The van der Waals surface area contributed by atoms with E-state index in [1.807, 2.05) is 12.4 Å². The van der Waals surface area contributed by atoms with Crippen molar-refractivity contribution in [1.82, 2.24) is 0 Å². The van der Waals surface area contributed by atoms with E-state index in [0.717, 1.165) is 12.8 Å². The maximum atomic E-state index is 4.70. The summed E-state index contributed by atoms with van der Waals surface area (Å²) in [5, 5.41) is 0. The second-order valence-corrected chi connectivity index (χ2v) is 6.09. The smallest absolute Gasteiger partial charge is 0.0723 e. The van der Waals surface area contributed by atoms with Crippen molar-refractivity contribution < 1.29 is 0 Å². The molecule has 0 unspecified atom stereocenters. The van der Waals surface area contributed by atoms with Crippen LogP contribution in [0.25, 0.3) is 0 Å². The first-order valence-electron chi connectivity index (χ1n) is 7.90. The van der Waals surface area contributed by atoms with Gasteiger partial charge in [0.1, 0.15) is 0 Å². The van der Waals surface area contributed by atoms with Crippen molar-refractivity contribution in [1.29, 1.82) is 0 Å². The van der Waals surface area contributed by atoms with Crippen molar-refractivity contribution in [2.24, 2.45) is 9.98 Å². The minimum Gasteiger partial charge on any atom is -0.287 e. The normalized spacial score (nSPS) is 21.4. The summed E-state index contributed by atoms with van der Waals surface area (Å²) >= 11 is 0. The number of hydrogen-bond acceptors (Lipinski definition) is 2. The van der Waals surface area contributed by atoms with Gasteiger partial charge in [0.05, 0.1) is 12.1 Å². The fourth-order valence-electron chi connectivity index (χ4n) is 2.48. The van der Waals surface area contributed by atoms with E-state index in [4.69, 9.17) is 9.98 Å². The first-order chi connectivity index (χ1) is 10.7. The molecule has 0 heterocycles. The van der Waals surface area contributed by atoms with Crippen LogP contribution in [0.15, 0.2) is 58.5 Å². The van der Waals surface area contributed by atoms with Crippen molar-refractivity contribution in [3.8, 4) is 0 Å². The van der Waals surface area contributed by atoms with E-state index in [1.54, 1.807) is 0 Å². The lowest BCUT2D eigenvalue weighted by molar-refractivity contribution is 0.353. The Morgan fingerprint density at radius 3 is 1.36 bits per heavy atom. The third-order valence-corrected chi connectivity index (χ3v) is 4.19. The first-order valence-corrected chi connectivity index (χ1v) is 7.90. The number of aliphatic imine (C=N–C) groups is 2. The van der Waals surface area contributed by atoms with Crippen LogP contribution in [0.5, 0.6) is 0 Å². The topological polar surface area (TPSA) is 24.7 Å². The van der Waals surface area contributed by atoms with E-state index in [0.29, 0.717) is 12.1 Å². The average molecular weight is 290 g/mol. The van der Waals surface area contributed by atoms with Gasteiger partial charge in [-0.1, -0.05) is 59.7 Å². The van der Waals surface area contributed by atoms with Crippen LogP contribution in [0.3, 0.4) is 0 Å². The summed E-state index contributed by atoms with van der Waals surface area (Å²) in [7, 11) is 0. The van der Waals surface area contributed by atoms with Crippen molar-refractivity contribution in [2.75, 3.05) is 0 Å². The van der Waals surface area contributed by atoms with Crippen LogP contribution in [0.2, 0.25) is 0 Å². The molecule has 0 aromatic heterocycles. The predicted octanol–water partition coefficient (Wildman–Crippen LogP) is 4.37. The molecule has 2 aromatic rings. The summed E-state index contributed by atoms with van der Waals surface area (Å²) in [6.45, 7) is 4.20. The lowest BCUT2D eigenvalue weighted by Gasteiger charge is -2.30. The van der Waals surface area contributed by atoms with Gasteiger partial charge < -0.3 is 0 Å². The number of nitrogens with zero attached hydrogens (tertiary/aromatic N) is 2.